The Kier molecular flexibility index (Phi) is 3.05. The van der Waals surface area contributed by atoms with E-state index in [9.17, 15) is 4.79 Å². The van der Waals surface area contributed by atoms with Crippen molar-refractivity contribution < 1.29 is 4.42 Å². The van der Waals surface area contributed by atoms with Gasteiger partial charge in [0.1, 0.15) is 5.58 Å². The molecule has 0 unspecified atom stereocenters. The van der Waals surface area contributed by atoms with Crippen LogP contribution in [0.4, 0.5) is 0 Å². The molecule has 4 heteroatoms. The van der Waals surface area contributed by atoms with Gasteiger partial charge in [0, 0.05) is 15.4 Å². The normalized spacial score (nSPS) is 10.8. The molecule has 2 aromatic carbocycles. The Bertz CT molecular complexity index is 801. The van der Waals surface area contributed by atoms with Crippen LogP contribution in [0, 0.1) is 0 Å². The molecule has 1 aromatic heterocycles. The maximum atomic E-state index is 12.0. The second-order valence-corrected chi connectivity index (χ2v) is 5.02. The van der Waals surface area contributed by atoms with Crippen molar-refractivity contribution in [2.45, 2.75) is 0 Å². The van der Waals surface area contributed by atoms with Gasteiger partial charge in [-0.05, 0) is 35.9 Å². The first-order valence-corrected chi connectivity index (χ1v) is 6.38. The largest absolute Gasteiger partial charge is 0.422 e. The van der Waals surface area contributed by atoms with Crippen LogP contribution in [0.2, 0.25) is 10.0 Å². The summed E-state index contributed by atoms with van der Waals surface area (Å²) in [4.78, 5) is 12.0. The number of hydrogen-bond donors (Lipinski definition) is 0. The zero-order valence-corrected chi connectivity index (χ0v) is 11.2. The first-order chi connectivity index (χ1) is 9.13. The maximum absolute atomic E-state index is 12.0. The summed E-state index contributed by atoms with van der Waals surface area (Å²) >= 11 is 11.9. The number of halogens is 2. The monoisotopic (exact) mass is 290 g/mol. The van der Waals surface area contributed by atoms with E-state index in [1.54, 1.807) is 30.3 Å². The Balaban J connectivity index is 2.30. The third-order valence-corrected chi connectivity index (χ3v) is 3.25. The number of para-hydroxylation sites is 1. The lowest BCUT2D eigenvalue weighted by Gasteiger charge is -2.04. The zero-order chi connectivity index (χ0) is 13.4. The fourth-order valence-electron chi connectivity index (χ4n) is 1.97. The van der Waals surface area contributed by atoms with Gasteiger partial charge in [-0.2, -0.15) is 0 Å². The van der Waals surface area contributed by atoms with Gasteiger partial charge in [-0.3, -0.25) is 0 Å². The van der Waals surface area contributed by atoms with Crippen molar-refractivity contribution in [3.63, 3.8) is 0 Å². The summed E-state index contributed by atoms with van der Waals surface area (Å²) in [7, 11) is 0. The molecule has 0 aliphatic heterocycles. The lowest BCUT2D eigenvalue weighted by atomic mass is 10.1. The summed E-state index contributed by atoms with van der Waals surface area (Å²) in [6.07, 6.45) is 0. The maximum Gasteiger partial charge on any atom is 0.344 e. The molecule has 0 fully saturated rings. The van der Waals surface area contributed by atoms with Gasteiger partial charge in [0.25, 0.3) is 0 Å². The minimum atomic E-state index is -0.406. The van der Waals surface area contributed by atoms with E-state index in [4.69, 9.17) is 27.6 Å². The fraction of sp³-hybridized carbons (Fsp3) is 0. The summed E-state index contributed by atoms with van der Waals surface area (Å²) in [5, 5.41) is 1.82. The fourth-order valence-corrected chi connectivity index (χ4v) is 2.50. The van der Waals surface area contributed by atoms with Gasteiger partial charge in [0.15, 0.2) is 0 Å². The van der Waals surface area contributed by atoms with Crippen molar-refractivity contribution in [1.82, 2.24) is 0 Å². The van der Waals surface area contributed by atoms with Crippen LogP contribution in [0.15, 0.2) is 57.7 Å². The highest BCUT2D eigenvalue weighted by Gasteiger charge is 2.09. The van der Waals surface area contributed by atoms with Crippen LogP contribution in [0.3, 0.4) is 0 Å². The van der Waals surface area contributed by atoms with Crippen LogP contribution >= 0.6 is 23.2 Å². The highest BCUT2D eigenvalue weighted by Crippen LogP contribution is 2.27. The highest BCUT2D eigenvalue weighted by molar-refractivity contribution is 6.35. The molecule has 0 radical (unpaired) electrons. The van der Waals surface area contributed by atoms with Gasteiger partial charge in [-0.25, -0.2) is 4.79 Å². The molecule has 0 spiro atoms. The third kappa shape index (κ3) is 2.37. The van der Waals surface area contributed by atoms with Gasteiger partial charge < -0.3 is 4.42 Å². The standard InChI is InChI=1S/C15H8Cl2O2/c16-11-5-10(6-12(17)8-11)13-7-9-3-1-2-4-14(9)19-15(13)18/h1-8H. The zero-order valence-electron chi connectivity index (χ0n) is 9.69. The smallest absolute Gasteiger partial charge is 0.344 e. The van der Waals surface area contributed by atoms with Gasteiger partial charge in [-0.15, -0.1) is 0 Å². The van der Waals surface area contributed by atoms with E-state index >= 15 is 0 Å². The Labute approximate surface area is 119 Å². The molecule has 19 heavy (non-hydrogen) atoms. The SMILES string of the molecule is O=c1oc2ccccc2cc1-c1cc(Cl)cc(Cl)c1. The molecule has 94 valence electrons. The number of fused-ring (bicyclic) bond motifs is 1. The molecule has 0 aliphatic rings. The summed E-state index contributed by atoms with van der Waals surface area (Å²) in [5.41, 5.74) is 1.25. The van der Waals surface area contributed by atoms with E-state index in [-0.39, 0.29) is 0 Å². The van der Waals surface area contributed by atoms with Crippen molar-refractivity contribution in [2.24, 2.45) is 0 Å². The van der Waals surface area contributed by atoms with Crippen LogP contribution < -0.4 is 5.63 Å². The Morgan fingerprint density at radius 2 is 1.58 bits per heavy atom. The average Bonchev–Trinajstić information content (AvgIpc) is 2.36. The topological polar surface area (TPSA) is 30.2 Å². The Morgan fingerprint density at radius 1 is 0.895 bits per heavy atom. The van der Waals surface area contributed by atoms with Crippen LogP contribution in [-0.4, -0.2) is 0 Å². The minimum Gasteiger partial charge on any atom is -0.422 e. The first-order valence-electron chi connectivity index (χ1n) is 5.63. The van der Waals surface area contributed by atoms with E-state index in [0.29, 0.717) is 26.8 Å². The van der Waals surface area contributed by atoms with Crippen LogP contribution in [0.1, 0.15) is 0 Å². The quantitative estimate of drug-likeness (QED) is 0.605. The predicted octanol–water partition coefficient (Wildman–Crippen LogP) is 4.77. The summed E-state index contributed by atoms with van der Waals surface area (Å²) in [5.74, 6) is 0. The van der Waals surface area contributed by atoms with Gasteiger partial charge >= 0.3 is 5.63 Å². The van der Waals surface area contributed by atoms with Gasteiger partial charge in [-0.1, -0.05) is 41.4 Å². The molecule has 0 saturated carbocycles. The molecule has 0 saturated heterocycles. The molecule has 0 amide bonds. The Hall–Kier alpha value is -1.77. The third-order valence-electron chi connectivity index (χ3n) is 2.81. The lowest BCUT2D eigenvalue weighted by molar-refractivity contribution is 0.563. The molecule has 3 aromatic rings. The second-order valence-electron chi connectivity index (χ2n) is 4.14. The van der Waals surface area contributed by atoms with E-state index in [1.807, 2.05) is 18.2 Å². The summed E-state index contributed by atoms with van der Waals surface area (Å²) < 4.78 is 5.29. The van der Waals surface area contributed by atoms with Crippen LogP contribution in [0.25, 0.3) is 22.1 Å². The molecule has 1 heterocycles. The molecule has 0 atom stereocenters. The second kappa shape index (κ2) is 4.72. The minimum absolute atomic E-state index is 0.406. The van der Waals surface area contributed by atoms with Gasteiger partial charge in [0.2, 0.25) is 0 Å². The number of rotatable bonds is 1. The van der Waals surface area contributed by atoms with E-state index in [0.717, 1.165) is 5.39 Å². The van der Waals surface area contributed by atoms with Crippen molar-refractivity contribution in [2.75, 3.05) is 0 Å². The van der Waals surface area contributed by atoms with Gasteiger partial charge in [0.05, 0.1) is 5.56 Å². The van der Waals surface area contributed by atoms with Crippen LogP contribution in [0.5, 0.6) is 0 Å². The summed E-state index contributed by atoms with van der Waals surface area (Å²) in [6, 6.07) is 14.1. The molecule has 2 nitrogen and oxygen atoms in total. The highest BCUT2D eigenvalue weighted by atomic mass is 35.5. The first kappa shape index (κ1) is 12.3. The van der Waals surface area contributed by atoms with E-state index in [2.05, 4.69) is 0 Å². The number of hydrogen-bond acceptors (Lipinski definition) is 2. The lowest BCUT2D eigenvalue weighted by Crippen LogP contribution is -2.02. The number of benzene rings is 2. The molecular formula is C15H8Cl2O2. The van der Waals surface area contributed by atoms with Crippen molar-refractivity contribution in [3.05, 3.63) is 69.0 Å². The molecule has 0 N–H and O–H groups in total. The average molecular weight is 291 g/mol. The molecule has 3 rings (SSSR count). The van der Waals surface area contributed by atoms with Crippen molar-refractivity contribution >= 4 is 34.2 Å². The van der Waals surface area contributed by atoms with Crippen molar-refractivity contribution in [3.8, 4) is 11.1 Å². The molecule has 0 bridgehead atoms. The van der Waals surface area contributed by atoms with E-state index < -0.39 is 5.63 Å². The predicted molar refractivity (Wildman–Crippen MR) is 77.9 cm³/mol. The van der Waals surface area contributed by atoms with Crippen LogP contribution in [-0.2, 0) is 0 Å². The Morgan fingerprint density at radius 3 is 2.32 bits per heavy atom. The van der Waals surface area contributed by atoms with Crippen molar-refractivity contribution in [1.29, 1.82) is 0 Å². The molecular weight excluding hydrogens is 283 g/mol. The molecule has 0 aliphatic carbocycles. The summed E-state index contributed by atoms with van der Waals surface area (Å²) in [6.45, 7) is 0. The van der Waals surface area contributed by atoms with E-state index in [1.165, 1.54) is 0 Å².